The lowest BCUT2D eigenvalue weighted by Gasteiger charge is -2.08. The van der Waals surface area contributed by atoms with E-state index < -0.39 is 0 Å². The highest BCUT2D eigenvalue weighted by Gasteiger charge is 2.20. The molecule has 106 valence electrons. The zero-order valence-electron chi connectivity index (χ0n) is 11.7. The molecule has 1 atom stereocenters. The van der Waals surface area contributed by atoms with Crippen LogP contribution in [-0.2, 0) is 4.74 Å². The van der Waals surface area contributed by atoms with Crippen LogP contribution < -0.4 is 0 Å². The van der Waals surface area contributed by atoms with Crippen molar-refractivity contribution in [2.45, 2.75) is 25.4 Å². The minimum absolute atomic E-state index is 0.0919. The lowest BCUT2D eigenvalue weighted by atomic mass is 10.0. The van der Waals surface area contributed by atoms with Crippen LogP contribution in [0.3, 0.4) is 0 Å². The van der Waals surface area contributed by atoms with E-state index in [2.05, 4.69) is 0 Å². The van der Waals surface area contributed by atoms with Gasteiger partial charge in [-0.25, -0.2) is 0 Å². The van der Waals surface area contributed by atoms with Crippen molar-refractivity contribution in [2.24, 2.45) is 0 Å². The van der Waals surface area contributed by atoms with Crippen molar-refractivity contribution in [1.82, 2.24) is 0 Å². The van der Waals surface area contributed by atoms with Crippen LogP contribution in [0.1, 0.15) is 29.6 Å². The zero-order chi connectivity index (χ0) is 14.2. The Kier molecular flexibility index (Phi) is 3.00. The molecule has 1 unspecified atom stereocenters. The average Bonchev–Trinajstić information content (AvgIpc) is 3.13. The summed E-state index contributed by atoms with van der Waals surface area (Å²) >= 11 is 0. The van der Waals surface area contributed by atoms with Gasteiger partial charge in [0.05, 0.1) is 6.10 Å². The molecule has 1 aromatic heterocycles. The van der Waals surface area contributed by atoms with E-state index in [-0.39, 0.29) is 11.9 Å². The minimum atomic E-state index is 0.0919. The fourth-order valence-electron chi connectivity index (χ4n) is 3.03. The molecule has 2 heterocycles. The van der Waals surface area contributed by atoms with Crippen molar-refractivity contribution in [2.75, 3.05) is 6.61 Å². The highest BCUT2D eigenvalue weighted by atomic mass is 16.5. The number of Topliss-reactive ketones (excluding diaryl/α,β-unsaturated/α-hetero) is 1. The van der Waals surface area contributed by atoms with Crippen LogP contribution in [0.5, 0.6) is 0 Å². The first-order valence-electron chi connectivity index (χ1n) is 7.37. The van der Waals surface area contributed by atoms with Crippen LogP contribution in [0, 0.1) is 0 Å². The van der Waals surface area contributed by atoms with E-state index in [4.69, 9.17) is 9.15 Å². The normalized spacial score (nSPS) is 18.6. The summed E-state index contributed by atoms with van der Waals surface area (Å²) in [5, 5.41) is 2.06. The number of fused-ring (bicyclic) bond motifs is 3. The molecule has 0 spiro atoms. The van der Waals surface area contributed by atoms with E-state index in [1.807, 2.05) is 42.5 Å². The summed E-state index contributed by atoms with van der Waals surface area (Å²) < 4.78 is 11.3. The van der Waals surface area contributed by atoms with Gasteiger partial charge in [0.15, 0.2) is 5.78 Å². The molecule has 0 bridgehead atoms. The SMILES string of the molecule is O=C(CC1CCCO1)c1ccc2oc3ccccc3c2c1. The Bertz CT molecular complexity index is 810. The lowest BCUT2D eigenvalue weighted by Crippen LogP contribution is -2.12. The fraction of sp³-hybridized carbons (Fsp3) is 0.278. The van der Waals surface area contributed by atoms with Gasteiger partial charge in [0, 0.05) is 29.4 Å². The quantitative estimate of drug-likeness (QED) is 0.670. The van der Waals surface area contributed by atoms with Crippen molar-refractivity contribution < 1.29 is 13.9 Å². The standard InChI is InChI=1S/C18H16O3/c19-16(11-13-4-3-9-20-13)12-7-8-18-15(10-12)14-5-1-2-6-17(14)21-18/h1-2,5-8,10,13H,3-4,9,11H2. The van der Waals surface area contributed by atoms with Crippen molar-refractivity contribution in [3.05, 3.63) is 48.0 Å². The maximum absolute atomic E-state index is 12.4. The Labute approximate surface area is 122 Å². The highest BCUT2D eigenvalue weighted by Crippen LogP contribution is 2.29. The van der Waals surface area contributed by atoms with Gasteiger partial charge in [-0.15, -0.1) is 0 Å². The summed E-state index contributed by atoms with van der Waals surface area (Å²) in [4.78, 5) is 12.4. The number of benzene rings is 2. The van der Waals surface area contributed by atoms with Crippen molar-refractivity contribution in [3.63, 3.8) is 0 Å². The molecule has 0 saturated carbocycles. The molecule has 3 aromatic rings. The maximum atomic E-state index is 12.4. The molecule has 1 aliphatic rings. The van der Waals surface area contributed by atoms with Crippen LogP contribution in [0.25, 0.3) is 21.9 Å². The second-order valence-electron chi connectivity index (χ2n) is 5.57. The molecule has 0 N–H and O–H groups in total. The van der Waals surface area contributed by atoms with Crippen LogP contribution in [0.4, 0.5) is 0 Å². The van der Waals surface area contributed by atoms with E-state index >= 15 is 0 Å². The Morgan fingerprint density at radius 1 is 1.10 bits per heavy atom. The third-order valence-electron chi connectivity index (χ3n) is 4.14. The van der Waals surface area contributed by atoms with Crippen LogP contribution in [-0.4, -0.2) is 18.5 Å². The molecule has 3 nitrogen and oxygen atoms in total. The van der Waals surface area contributed by atoms with E-state index in [1.165, 1.54) is 0 Å². The number of carbonyl (C=O) groups is 1. The molecule has 21 heavy (non-hydrogen) atoms. The maximum Gasteiger partial charge on any atom is 0.165 e. The Hall–Kier alpha value is -2.13. The molecule has 3 heteroatoms. The number of para-hydroxylation sites is 1. The molecule has 2 aromatic carbocycles. The van der Waals surface area contributed by atoms with E-state index in [1.54, 1.807) is 0 Å². The first-order valence-corrected chi connectivity index (χ1v) is 7.37. The molecular weight excluding hydrogens is 264 g/mol. The Morgan fingerprint density at radius 2 is 1.95 bits per heavy atom. The summed E-state index contributed by atoms with van der Waals surface area (Å²) in [6, 6.07) is 13.6. The molecular formula is C18H16O3. The van der Waals surface area contributed by atoms with Gasteiger partial charge in [-0.1, -0.05) is 18.2 Å². The van der Waals surface area contributed by atoms with Crippen molar-refractivity contribution in [1.29, 1.82) is 0 Å². The van der Waals surface area contributed by atoms with E-state index in [0.29, 0.717) is 6.42 Å². The van der Waals surface area contributed by atoms with Gasteiger partial charge < -0.3 is 9.15 Å². The topological polar surface area (TPSA) is 39.4 Å². The Morgan fingerprint density at radius 3 is 2.81 bits per heavy atom. The summed E-state index contributed by atoms with van der Waals surface area (Å²) in [5.74, 6) is 0.147. The molecule has 1 saturated heterocycles. The minimum Gasteiger partial charge on any atom is -0.456 e. The third kappa shape index (κ3) is 2.24. The predicted molar refractivity (Wildman–Crippen MR) is 81.6 cm³/mol. The van der Waals surface area contributed by atoms with Gasteiger partial charge in [0.25, 0.3) is 0 Å². The van der Waals surface area contributed by atoms with Gasteiger partial charge >= 0.3 is 0 Å². The zero-order valence-corrected chi connectivity index (χ0v) is 11.7. The highest BCUT2D eigenvalue weighted by molar-refractivity contribution is 6.08. The summed E-state index contributed by atoms with van der Waals surface area (Å²) in [7, 11) is 0. The fourth-order valence-corrected chi connectivity index (χ4v) is 3.03. The lowest BCUT2D eigenvalue weighted by molar-refractivity contribution is 0.0775. The second-order valence-corrected chi connectivity index (χ2v) is 5.57. The molecule has 0 amide bonds. The molecule has 1 fully saturated rings. The average molecular weight is 280 g/mol. The van der Waals surface area contributed by atoms with Crippen molar-refractivity contribution >= 4 is 27.7 Å². The monoisotopic (exact) mass is 280 g/mol. The number of rotatable bonds is 3. The molecule has 4 rings (SSSR count). The number of furan rings is 1. The van der Waals surface area contributed by atoms with Crippen LogP contribution >= 0.6 is 0 Å². The van der Waals surface area contributed by atoms with E-state index in [9.17, 15) is 4.79 Å². The smallest absolute Gasteiger partial charge is 0.165 e. The number of carbonyl (C=O) groups excluding carboxylic acids is 1. The second kappa shape index (κ2) is 5.01. The van der Waals surface area contributed by atoms with E-state index in [0.717, 1.165) is 47.0 Å². The molecule has 1 aliphatic heterocycles. The predicted octanol–water partition coefficient (Wildman–Crippen LogP) is 4.34. The van der Waals surface area contributed by atoms with Crippen molar-refractivity contribution in [3.8, 4) is 0 Å². The number of hydrogen-bond acceptors (Lipinski definition) is 3. The first kappa shape index (κ1) is 12.6. The first-order chi connectivity index (χ1) is 10.3. The molecule has 0 aliphatic carbocycles. The van der Waals surface area contributed by atoms with Crippen LogP contribution in [0.15, 0.2) is 46.9 Å². The molecule has 0 radical (unpaired) electrons. The third-order valence-corrected chi connectivity index (χ3v) is 4.14. The van der Waals surface area contributed by atoms with Gasteiger partial charge in [-0.3, -0.25) is 4.79 Å². The number of hydrogen-bond donors (Lipinski definition) is 0. The van der Waals surface area contributed by atoms with Gasteiger partial charge in [-0.2, -0.15) is 0 Å². The van der Waals surface area contributed by atoms with Gasteiger partial charge in [0.2, 0.25) is 0 Å². The summed E-state index contributed by atoms with van der Waals surface area (Å²) in [5.41, 5.74) is 2.42. The van der Waals surface area contributed by atoms with Gasteiger partial charge in [0.1, 0.15) is 11.2 Å². The largest absolute Gasteiger partial charge is 0.456 e. The summed E-state index contributed by atoms with van der Waals surface area (Å²) in [6.07, 6.45) is 2.61. The number of ether oxygens (including phenoxy) is 1. The number of ketones is 1. The van der Waals surface area contributed by atoms with Gasteiger partial charge in [-0.05, 0) is 37.1 Å². The van der Waals surface area contributed by atoms with Crippen LogP contribution in [0.2, 0.25) is 0 Å². The Balaban J connectivity index is 1.72. The summed E-state index contributed by atoms with van der Waals surface area (Å²) in [6.45, 7) is 0.781.